The van der Waals surface area contributed by atoms with Crippen LogP contribution in [-0.4, -0.2) is 11.7 Å². The standard InChI is InChI=1S/C34H30N2O2/c1-3-13-28-24-30(22-23-32(28)34(35-38-25(2)37)27-15-6-4-7-16-27)36(29-18-8-5-9-19-29)33-21-12-17-26-14-10-11-20-31(26)33/h4-12,14-24H,3,13H2,1-2H3/b35-34-. The number of carbonyl (C=O) groups excluding carboxylic acids is 1. The van der Waals surface area contributed by atoms with E-state index in [1.54, 1.807) is 0 Å². The van der Waals surface area contributed by atoms with E-state index >= 15 is 0 Å². The molecule has 0 unspecified atom stereocenters. The number of rotatable bonds is 8. The number of fused-ring (bicyclic) bond motifs is 1. The minimum atomic E-state index is -0.446. The fourth-order valence-electron chi connectivity index (χ4n) is 4.80. The van der Waals surface area contributed by atoms with Crippen molar-refractivity contribution >= 4 is 39.5 Å². The Labute approximate surface area is 223 Å². The highest BCUT2D eigenvalue weighted by atomic mass is 16.7. The molecule has 0 saturated carbocycles. The molecular formula is C34H30N2O2. The van der Waals surface area contributed by atoms with E-state index in [0.717, 1.165) is 46.6 Å². The molecule has 0 atom stereocenters. The second kappa shape index (κ2) is 11.6. The SMILES string of the molecule is CCCc1cc(N(c2ccccc2)c2cccc3ccccc23)ccc1/C(=N\OC(C)=O)c1ccccc1. The molecule has 5 rings (SSSR count). The maximum absolute atomic E-state index is 11.6. The maximum atomic E-state index is 11.6. The van der Waals surface area contributed by atoms with E-state index in [-0.39, 0.29) is 0 Å². The van der Waals surface area contributed by atoms with Gasteiger partial charge >= 0.3 is 5.97 Å². The van der Waals surface area contributed by atoms with Gasteiger partial charge in [0, 0.05) is 34.8 Å². The van der Waals surface area contributed by atoms with Gasteiger partial charge in [-0.05, 0) is 47.7 Å². The summed E-state index contributed by atoms with van der Waals surface area (Å²) in [6.07, 6.45) is 1.82. The van der Waals surface area contributed by atoms with Crippen molar-refractivity contribution in [3.63, 3.8) is 0 Å². The van der Waals surface area contributed by atoms with Gasteiger partial charge in [0.25, 0.3) is 0 Å². The Bertz CT molecular complexity index is 1570. The molecule has 0 saturated heterocycles. The van der Waals surface area contributed by atoms with Crippen LogP contribution in [0.1, 0.15) is 37.0 Å². The second-order valence-electron chi connectivity index (χ2n) is 9.15. The first kappa shape index (κ1) is 25.0. The van der Waals surface area contributed by atoms with Crippen LogP contribution in [-0.2, 0) is 16.1 Å². The Morgan fingerprint density at radius 1 is 0.763 bits per heavy atom. The van der Waals surface area contributed by atoms with Crippen LogP contribution in [0.3, 0.4) is 0 Å². The Kier molecular flexibility index (Phi) is 7.60. The fourth-order valence-corrected chi connectivity index (χ4v) is 4.80. The first-order valence-corrected chi connectivity index (χ1v) is 12.9. The molecule has 0 N–H and O–H groups in total. The summed E-state index contributed by atoms with van der Waals surface area (Å²) in [6.45, 7) is 3.53. The highest BCUT2D eigenvalue weighted by molar-refractivity contribution is 6.14. The van der Waals surface area contributed by atoms with Crippen molar-refractivity contribution in [2.75, 3.05) is 4.90 Å². The zero-order valence-corrected chi connectivity index (χ0v) is 21.7. The third-order valence-electron chi connectivity index (χ3n) is 6.46. The quantitative estimate of drug-likeness (QED) is 0.122. The van der Waals surface area contributed by atoms with E-state index in [0.29, 0.717) is 5.71 Å². The zero-order chi connectivity index (χ0) is 26.3. The topological polar surface area (TPSA) is 41.9 Å². The molecular weight excluding hydrogens is 468 g/mol. The van der Waals surface area contributed by atoms with Crippen LogP contribution in [0, 0.1) is 0 Å². The molecule has 0 spiro atoms. The number of carbonyl (C=O) groups is 1. The summed E-state index contributed by atoms with van der Waals surface area (Å²) >= 11 is 0. The number of anilines is 3. The van der Waals surface area contributed by atoms with Gasteiger partial charge < -0.3 is 9.74 Å². The van der Waals surface area contributed by atoms with E-state index in [2.05, 4.69) is 102 Å². The molecule has 188 valence electrons. The smallest absolute Gasteiger partial charge is 0.318 e. The third-order valence-corrected chi connectivity index (χ3v) is 6.46. The molecule has 4 heteroatoms. The molecule has 0 amide bonds. The number of nitrogens with zero attached hydrogens (tertiary/aromatic N) is 2. The number of oxime groups is 1. The summed E-state index contributed by atoms with van der Waals surface area (Å²) in [4.78, 5) is 19.1. The minimum Gasteiger partial charge on any atom is -0.318 e. The van der Waals surface area contributed by atoms with Crippen LogP contribution in [0.4, 0.5) is 17.1 Å². The third kappa shape index (κ3) is 5.35. The van der Waals surface area contributed by atoms with Gasteiger partial charge in [0.15, 0.2) is 0 Å². The van der Waals surface area contributed by atoms with Crippen LogP contribution in [0.2, 0.25) is 0 Å². The van der Waals surface area contributed by atoms with E-state index in [1.165, 1.54) is 17.7 Å². The summed E-state index contributed by atoms with van der Waals surface area (Å²) in [6, 6.07) is 41.6. The summed E-state index contributed by atoms with van der Waals surface area (Å²) in [5, 5.41) is 6.66. The normalized spacial score (nSPS) is 11.4. The monoisotopic (exact) mass is 498 g/mol. The summed E-state index contributed by atoms with van der Waals surface area (Å²) in [5.74, 6) is -0.446. The first-order valence-electron chi connectivity index (χ1n) is 12.9. The van der Waals surface area contributed by atoms with Crippen molar-refractivity contribution in [2.24, 2.45) is 5.16 Å². The average molecular weight is 499 g/mol. The van der Waals surface area contributed by atoms with Crippen molar-refractivity contribution in [2.45, 2.75) is 26.7 Å². The van der Waals surface area contributed by atoms with E-state index in [9.17, 15) is 4.79 Å². The molecule has 38 heavy (non-hydrogen) atoms. The fraction of sp³-hybridized carbons (Fsp3) is 0.118. The lowest BCUT2D eigenvalue weighted by Gasteiger charge is -2.28. The molecule has 0 heterocycles. The molecule has 0 aliphatic carbocycles. The molecule has 0 aromatic heterocycles. The number of hydrogen-bond donors (Lipinski definition) is 0. The molecule has 5 aromatic carbocycles. The Hall–Kier alpha value is -4.70. The molecule has 5 aromatic rings. The number of para-hydroxylation sites is 1. The number of benzene rings is 5. The lowest BCUT2D eigenvalue weighted by molar-refractivity contribution is -0.140. The van der Waals surface area contributed by atoms with Gasteiger partial charge in [-0.2, -0.15) is 0 Å². The second-order valence-corrected chi connectivity index (χ2v) is 9.15. The minimum absolute atomic E-state index is 0.446. The van der Waals surface area contributed by atoms with E-state index in [1.807, 2.05) is 36.4 Å². The highest BCUT2D eigenvalue weighted by Crippen LogP contribution is 2.39. The van der Waals surface area contributed by atoms with Crippen molar-refractivity contribution in [1.29, 1.82) is 0 Å². The van der Waals surface area contributed by atoms with Gasteiger partial charge in [-0.25, -0.2) is 4.79 Å². The largest absolute Gasteiger partial charge is 0.332 e. The number of aryl methyl sites for hydroxylation is 1. The molecule has 0 aliphatic rings. The summed E-state index contributed by atoms with van der Waals surface area (Å²) in [7, 11) is 0. The van der Waals surface area contributed by atoms with Crippen LogP contribution in [0.25, 0.3) is 10.8 Å². The summed E-state index contributed by atoms with van der Waals surface area (Å²) < 4.78 is 0. The molecule has 0 fully saturated rings. The Morgan fingerprint density at radius 2 is 1.45 bits per heavy atom. The van der Waals surface area contributed by atoms with Gasteiger partial charge in [0.2, 0.25) is 0 Å². The molecule has 0 aliphatic heterocycles. The van der Waals surface area contributed by atoms with Gasteiger partial charge in [0.05, 0.1) is 5.69 Å². The van der Waals surface area contributed by atoms with E-state index in [4.69, 9.17) is 4.84 Å². The van der Waals surface area contributed by atoms with Crippen molar-refractivity contribution in [3.05, 3.63) is 138 Å². The highest BCUT2D eigenvalue weighted by Gasteiger charge is 2.19. The van der Waals surface area contributed by atoms with Crippen LogP contribution in [0.15, 0.2) is 126 Å². The predicted molar refractivity (Wildman–Crippen MR) is 156 cm³/mol. The average Bonchev–Trinajstić information content (AvgIpc) is 2.95. The van der Waals surface area contributed by atoms with Crippen molar-refractivity contribution < 1.29 is 9.63 Å². The predicted octanol–water partition coefficient (Wildman–Crippen LogP) is 8.58. The van der Waals surface area contributed by atoms with E-state index < -0.39 is 5.97 Å². The maximum Gasteiger partial charge on any atom is 0.332 e. The van der Waals surface area contributed by atoms with Crippen molar-refractivity contribution in [3.8, 4) is 0 Å². The zero-order valence-electron chi connectivity index (χ0n) is 21.7. The number of hydrogen-bond acceptors (Lipinski definition) is 4. The van der Waals surface area contributed by atoms with Gasteiger partial charge in [-0.15, -0.1) is 0 Å². The first-order chi connectivity index (χ1) is 18.7. The van der Waals surface area contributed by atoms with Gasteiger partial charge in [0.1, 0.15) is 5.71 Å². The molecule has 4 nitrogen and oxygen atoms in total. The van der Waals surface area contributed by atoms with Crippen LogP contribution in [0.5, 0.6) is 0 Å². The van der Waals surface area contributed by atoms with Crippen molar-refractivity contribution in [1.82, 2.24) is 0 Å². The van der Waals surface area contributed by atoms with Gasteiger partial charge in [-0.3, -0.25) is 0 Å². The van der Waals surface area contributed by atoms with Crippen LogP contribution < -0.4 is 4.90 Å². The molecule has 0 bridgehead atoms. The van der Waals surface area contributed by atoms with Gasteiger partial charge in [-0.1, -0.05) is 109 Å². The van der Waals surface area contributed by atoms with Crippen LogP contribution >= 0.6 is 0 Å². The lowest BCUT2D eigenvalue weighted by Crippen LogP contribution is -2.13. The Balaban J connectivity index is 1.70. The lowest BCUT2D eigenvalue weighted by atomic mass is 9.94. The Morgan fingerprint density at radius 3 is 2.18 bits per heavy atom. The molecule has 0 radical (unpaired) electrons. The summed E-state index contributed by atoms with van der Waals surface area (Å²) in [5.41, 5.74) is 6.88.